The van der Waals surface area contributed by atoms with Crippen LogP contribution in [0.25, 0.3) is 0 Å². The molecule has 4 heteroatoms. The Labute approximate surface area is 131 Å². The van der Waals surface area contributed by atoms with Crippen LogP contribution in [0.1, 0.15) is 36.6 Å². The van der Waals surface area contributed by atoms with Crippen molar-refractivity contribution >= 4 is 11.6 Å². The van der Waals surface area contributed by atoms with Crippen molar-refractivity contribution in [3.05, 3.63) is 52.2 Å². The van der Waals surface area contributed by atoms with E-state index in [9.17, 15) is 0 Å². The Bertz CT molecular complexity index is 626. The van der Waals surface area contributed by atoms with Crippen LogP contribution in [-0.2, 0) is 6.54 Å². The van der Waals surface area contributed by atoms with Gasteiger partial charge in [-0.25, -0.2) is 4.98 Å². The van der Waals surface area contributed by atoms with Gasteiger partial charge in [0.25, 0.3) is 0 Å². The predicted octanol–water partition coefficient (Wildman–Crippen LogP) is 4.68. The Morgan fingerprint density at radius 3 is 2.67 bits per heavy atom. The molecule has 0 saturated carbocycles. The number of nitrogens with zero attached hydrogens (tertiary/aromatic N) is 1. The second-order valence-electron chi connectivity index (χ2n) is 5.39. The molecule has 0 atom stereocenters. The highest BCUT2D eigenvalue weighted by Gasteiger charge is 2.09. The van der Waals surface area contributed by atoms with Crippen LogP contribution in [-0.4, -0.2) is 12.0 Å². The van der Waals surface area contributed by atoms with E-state index in [1.54, 1.807) is 6.07 Å². The first-order valence-corrected chi connectivity index (χ1v) is 7.47. The maximum Gasteiger partial charge on any atom is 0.219 e. The lowest BCUT2D eigenvalue weighted by Crippen LogP contribution is -2.08. The van der Waals surface area contributed by atoms with Gasteiger partial charge in [-0.3, -0.25) is 0 Å². The molecule has 3 nitrogen and oxygen atoms in total. The van der Waals surface area contributed by atoms with Crippen LogP contribution in [0.3, 0.4) is 0 Å². The maximum atomic E-state index is 6.12. The van der Waals surface area contributed by atoms with Crippen molar-refractivity contribution in [1.29, 1.82) is 0 Å². The maximum absolute atomic E-state index is 6.12. The summed E-state index contributed by atoms with van der Waals surface area (Å²) in [5.41, 5.74) is 3.13. The summed E-state index contributed by atoms with van der Waals surface area (Å²) in [5, 5.41) is 3.69. The van der Waals surface area contributed by atoms with E-state index in [0.717, 1.165) is 17.0 Å². The number of rotatable bonds is 5. The average molecular weight is 305 g/mol. The zero-order valence-corrected chi connectivity index (χ0v) is 13.7. The number of hydrogen-bond donors (Lipinski definition) is 1. The molecule has 0 aliphatic rings. The summed E-state index contributed by atoms with van der Waals surface area (Å²) in [6.07, 6.45) is 0. The molecule has 1 aromatic heterocycles. The molecule has 0 unspecified atom stereocenters. The number of ether oxygens (including phenoxy) is 1. The first-order valence-electron chi connectivity index (χ1n) is 7.09. The summed E-state index contributed by atoms with van der Waals surface area (Å²) in [4.78, 5) is 4.46. The third-order valence-electron chi connectivity index (χ3n) is 3.33. The van der Waals surface area contributed by atoms with Gasteiger partial charge in [0, 0.05) is 12.6 Å². The molecule has 0 fully saturated rings. The lowest BCUT2D eigenvalue weighted by Gasteiger charge is -2.13. The largest absolute Gasteiger partial charge is 0.439 e. The minimum atomic E-state index is 0.464. The molecule has 0 radical (unpaired) electrons. The highest BCUT2D eigenvalue weighted by atomic mass is 35.5. The molecular weight excluding hydrogens is 284 g/mol. The normalized spacial score (nSPS) is 11.0. The van der Waals surface area contributed by atoms with Crippen molar-refractivity contribution in [2.75, 3.05) is 7.05 Å². The molecule has 112 valence electrons. The number of aromatic nitrogens is 1. The lowest BCUT2D eigenvalue weighted by molar-refractivity contribution is 0.455. The Morgan fingerprint density at radius 1 is 1.24 bits per heavy atom. The lowest BCUT2D eigenvalue weighted by atomic mass is 10.0. The van der Waals surface area contributed by atoms with E-state index < -0.39 is 0 Å². The minimum absolute atomic E-state index is 0.464. The van der Waals surface area contributed by atoms with Crippen LogP contribution in [0, 0.1) is 6.92 Å². The Morgan fingerprint density at radius 2 is 2.00 bits per heavy atom. The number of pyridine rings is 1. The summed E-state index contributed by atoms with van der Waals surface area (Å²) >= 11 is 6.12. The van der Waals surface area contributed by atoms with Crippen LogP contribution in [0.2, 0.25) is 5.02 Å². The summed E-state index contributed by atoms with van der Waals surface area (Å²) < 4.78 is 5.94. The molecule has 0 amide bonds. The fourth-order valence-electron chi connectivity index (χ4n) is 2.01. The van der Waals surface area contributed by atoms with Crippen LogP contribution in [0.15, 0.2) is 30.3 Å². The first kappa shape index (κ1) is 15.8. The zero-order chi connectivity index (χ0) is 15.4. The van der Waals surface area contributed by atoms with Crippen molar-refractivity contribution in [3.63, 3.8) is 0 Å². The van der Waals surface area contributed by atoms with Crippen molar-refractivity contribution < 1.29 is 4.74 Å². The second-order valence-corrected chi connectivity index (χ2v) is 5.80. The van der Waals surface area contributed by atoms with E-state index in [2.05, 4.69) is 42.3 Å². The van der Waals surface area contributed by atoms with Crippen LogP contribution in [0.4, 0.5) is 0 Å². The quantitative estimate of drug-likeness (QED) is 0.871. The van der Waals surface area contributed by atoms with E-state index in [4.69, 9.17) is 16.3 Å². The number of halogens is 1. The van der Waals surface area contributed by atoms with Gasteiger partial charge in [0.1, 0.15) is 5.75 Å². The van der Waals surface area contributed by atoms with Gasteiger partial charge in [0.2, 0.25) is 5.88 Å². The van der Waals surface area contributed by atoms with Crippen LogP contribution < -0.4 is 10.1 Å². The van der Waals surface area contributed by atoms with Crippen molar-refractivity contribution in [1.82, 2.24) is 10.3 Å². The number of nitrogens with one attached hydrogen (secondary N) is 1. The summed E-state index contributed by atoms with van der Waals surface area (Å²) in [7, 11) is 1.86. The van der Waals surface area contributed by atoms with E-state index in [1.807, 2.05) is 20.0 Å². The number of hydrogen-bond acceptors (Lipinski definition) is 3. The zero-order valence-electron chi connectivity index (χ0n) is 12.9. The highest BCUT2D eigenvalue weighted by molar-refractivity contribution is 6.31. The van der Waals surface area contributed by atoms with Gasteiger partial charge in [-0.2, -0.15) is 0 Å². The van der Waals surface area contributed by atoms with Crippen molar-refractivity contribution in [2.45, 2.75) is 33.2 Å². The molecular formula is C17H21ClN2O. The second kappa shape index (κ2) is 6.92. The third kappa shape index (κ3) is 3.96. The summed E-state index contributed by atoms with van der Waals surface area (Å²) in [6.45, 7) is 6.98. The number of benzene rings is 1. The molecule has 0 aliphatic carbocycles. The molecule has 2 rings (SSSR count). The van der Waals surface area contributed by atoms with Gasteiger partial charge in [-0.1, -0.05) is 37.6 Å². The minimum Gasteiger partial charge on any atom is -0.439 e. The average Bonchev–Trinajstić information content (AvgIpc) is 2.45. The fraction of sp³-hybridized carbons (Fsp3) is 0.353. The van der Waals surface area contributed by atoms with Gasteiger partial charge in [0.05, 0.1) is 10.7 Å². The van der Waals surface area contributed by atoms with Gasteiger partial charge >= 0.3 is 0 Å². The van der Waals surface area contributed by atoms with Crippen LogP contribution >= 0.6 is 11.6 Å². The van der Waals surface area contributed by atoms with Gasteiger partial charge < -0.3 is 10.1 Å². The molecule has 2 aromatic rings. The van der Waals surface area contributed by atoms with E-state index in [1.165, 1.54) is 5.56 Å². The summed E-state index contributed by atoms with van der Waals surface area (Å²) in [5.74, 6) is 1.87. The van der Waals surface area contributed by atoms with E-state index >= 15 is 0 Å². The molecule has 0 bridgehead atoms. The smallest absolute Gasteiger partial charge is 0.219 e. The Kier molecular flexibility index (Phi) is 5.21. The predicted molar refractivity (Wildman–Crippen MR) is 87.4 cm³/mol. The molecule has 21 heavy (non-hydrogen) atoms. The third-order valence-corrected chi connectivity index (χ3v) is 3.67. The summed E-state index contributed by atoms with van der Waals surface area (Å²) in [6, 6.07) is 9.90. The standard InChI is InChI=1S/C17H21ClN2O/c1-11(2)13-6-5-12(3)16(9-13)21-17-8-7-14(18)15(20-17)10-19-4/h5-9,11,19H,10H2,1-4H3. The van der Waals surface area contributed by atoms with Gasteiger partial charge in [-0.05, 0) is 43.1 Å². The SMILES string of the molecule is CNCc1nc(Oc2cc(C(C)C)ccc2C)ccc1Cl. The van der Waals surface area contributed by atoms with Crippen molar-refractivity contribution in [3.8, 4) is 11.6 Å². The Balaban J connectivity index is 2.29. The molecule has 0 aliphatic heterocycles. The van der Waals surface area contributed by atoms with Crippen LogP contribution in [0.5, 0.6) is 11.6 Å². The molecule has 0 saturated heterocycles. The molecule has 1 aromatic carbocycles. The fourth-order valence-corrected chi connectivity index (χ4v) is 2.18. The first-order chi connectivity index (χ1) is 10.0. The van der Waals surface area contributed by atoms with Gasteiger partial charge in [-0.15, -0.1) is 0 Å². The monoisotopic (exact) mass is 304 g/mol. The number of aryl methyl sites for hydroxylation is 1. The van der Waals surface area contributed by atoms with Crippen molar-refractivity contribution in [2.24, 2.45) is 0 Å². The molecule has 1 N–H and O–H groups in total. The topological polar surface area (TPSA) is 34.2 Å². The highest BCUT2D eigenvalue weighted by Crippen LogP contribution is 2.29. The van der Waals surface area contributed by atoms with E-state index in [-0.39, 0.29) is 0 Å². The van der Waals surface area contributed by atoms with Gasteiger partial charge in [0.15, 0.2) is 0 Å². The Hall–Kier alpha value is -1.58. The molecule has 1 heterocycles. The van der Waals surface area contributed by atoms with E-state index in [0.29, 0.717) is 23.4 Å². The molecule has 0 spiro atoms.